The number of amides is 8. The van der Waals surface area contributed by atoms with Crippen LogP contribution in [-0.2, 0) is 41.6 Å². The molecular formula is C51H74F6N10O7. The summed E-state index contributed by atoms with van der Waals surface area (Å²) in [6.07, 6.45) is -6.29. The summed E-state index contributed by atoms with van der Waals surface area (Å²) in [5, 5.41) is 16.7. The summed E-state index contributed by atoms with van der Waals surface area (Å²) in [6, 6.07) is 12.3. The van der Waals surface area contributed by atoms with Crippen LogP contribution in [0.25, 0.3) is 0 Å². The molecule has 2 aliphatic rings. The fraction of sp³-hybridized carbons (Fsp3) is 0.627. The van der Waals surface area contributed by atoms with Gasteiger partial charge in [0, 0.05) is 64.4 Å². The molecule has 4 rings (SSSR count). The van der Waals surface area contributed by atoms with Gasteiger partial charge in [0.1, 0.15) is 12.1 Å². The molecule has 17 nitrogen and oxygen atoms in total. The molecule has 2 heterocycles. The Morgan fingerprint density at radius 1 is 0.581 bits per heavy atom. The van der Waals surface area contributed by atoms with E-state index in [0.717, 1.165) is 20.9 Å². The molecular weight excluding hydrogens is 979 g/mol. The third-order valence-corrected chi connectivity index (χ3v) is 13.6. The van der Waals surface area contributed by atoms with Gasteiger partial charge in [-0.25, -0.2) is 4.79 Å². The fourth-order valence-electron chi connectivity index (χ4n) is 9.05. The van der Waals surface area contributed by atoms with Crippen molar-refractivity contribution in [2.75, 3.05) is 66.5 Å². The van der Waals surface area contributed by atoms with Gasteiger partial charge < -0.3 is 51.5 Å². The van der Waals surface area contributed by atoms with Crippen LogP contribution in [0.3, 0.4) is 0 Å². The predicted octanol–water partition coefficient (Wildman–Crippen LogP) is 4.06. The van der Waals surface area contributed by atoms with Crippen LogP contribution in [0.1, 0.15) is 89.2 Å². The molecule has 0 aromatic heterocycles. The third kappa shape index (κ3) is 19.4. The Morgan fingerprint density at radius 2 is 0.946 bits per heavy atom. The van der Waals surface area contributed by atoms with Crippen molar-refractivity contribution in [3.63, 3.8) is 0 Å². The van der Waals surface area contributed by atoms with Crippen LogP contribution in [0.15, 0.2) is 60.7 Å². The maximum absolute atomic E-state index is 14.1. The largest absolute Gasteiger partial charge is 0.471 e. The quantitative estimate of drug-likeness (QED) is 0.0537. The van der Waals surface area contributed by atoms with Gasteiger partial charge in [-0.15, -0.1) is 0 Å². The molecule has 6 N–H and O–H groups in total. The van der Waals surface area contributed by atoms with Crippen molar-refractivity contribution in [2.24, 2.45) is 0 Å². The molecule has 2 aromatic rings. The number of rotatable bonds is 28. The zero-order valence-corrected chi connectivity index (χ0v) is 42.8. The normalized spacial score (nSPS) is 17.4. The topological polar surface area (TPSA) is 205 Å². The average molecular weight is 1050 g/mol. The van der Waals surface area contributed by atoms with E-state index in [9.17, 15) is 59.9 Å². The van der Waals surface area contributed by atoms with Crippen LogP contribution in [0, 0.1) is 0 Å². The smallest absolute Gasteiger partial charge is 0.343 e. The van der Waals surface area contributed by atoms with Gasteiger partial charge in [0.05, 0.1) is 12.1 Å². The van der Waals surface area contributed by atoms with E-state index >= 15 is 0 Å². The molecule has 0 unspecified atom stereocenters. The number of urea groups is 1. The number of nitrogens with one attached hydrogen (secondary N) is 6. The minimum absolute atomic E-state index is 0.159. The molecule has 6 atom stereocenters. The molecule has 0 bridgehead atoms. The van der Waals surface area contributed by atoms with Gasteiger partial charge in [0.15, 0.2) is 0 Å². The Hall–Kier alpha value is -5.97. The van der Waals surface area contributed by atoms with E-state index in [-0.39, 0.29) is 78.0 Å². The number of hydrogen-bond donors (Lipinski definition) is 6. The van der Waals surface area contributed by atoms with Crippen molar-refractivity contribution in [2.45, 2.75) is 140 Å². The number of likely N-dealkylation sites (tertiary alicyclic amines) is 2. The summed E-state index contributed by atoms with van der Waals surface area (Å²) < 4.78 is 82.5. The highest BCUT2D eigenvalue weighted by Crippen LogP contribution is 2.27. The van der Waals surface area contributed by atoms with Crippen LogP contribution in [-0.4, -0.2) is 176 Å². The minimum Gasteiger partial charge on any atom is -0.343 e. The highest BCUT2D eigenvalue weighted by atomic mass is 19.4. The van der Waals surface area contributed by atoms with Gasteiger partial charge in [-0.1, -0.05) is 60.7 Å². The summed E-state index contributed by atoms with van der Waals surface area (Å²) in [6.45, 7) is 3.00. The van der Waals surface area contributed by atoms with Crippen molar-refractivity contribution < 1.29 is 59.9 Å². The molecule has 0 spiro atoms. The fourth-order valence-corrected chi connectivity index (χ4v) is 9.05. The zero-order valence-electron chi connectivity index (χ0n) is 42.8. The molecule has 2 saturated heterocycles. The maximum atomic E-state index is 14.1. The second kappa shape index (κ2) is 29.8. The Kier molecular flexibility index (Phi) is 24.4. The summed E-state index contributed by atoms with van der Waals surface area (Å²) in [5.74, 6) is -5.84. The molecule has 2 fully saturated rings. The molecule has 0 radical (unpaired) electrons. The maximum Gasteiger partial charge on any atom is 0.471 e. The second-order valence-electron chi connectivity index (χ2n) is 18.9. The Morgan fingerprint density at radius 3 is 1.28 bits per heavy atom. The third-order valence-electron chi connectivity index (χ3n) is 13.6. The molecule has 8 amide bonds. The molecule has 412 valence electrons. The molecule has 2 aliphatic heterocycles. The number of likely N-dealkylation sites (N-methyl/N-ethyl adjacent to an activating group) is 2. The highest BCUT2D eigenvalue weighted by molar-refractivity contribution is 5.91. The lowest BCUT2D eigenvalue weighted by Gasteiger charge is -2.33. The van der Waals surface area contributed by atoms with E-state index in [2.05, 4.69) is 31.9 Å². The summed E-state index contributed by atoms with van der Waals surface area (Å²) in [4.78, 5) is 96.5. The van der Waals surface area contributed by atoms with E-state index in [0.29, 0.717) is 51.4 Å². The van der Waals surface area contributed by atoms with Gasteiger partial charge in [-0.05, 0) is 116 Å². The van der Waals surface area contributed by atoms with Gasteiger partial charge in [0.2, 0.25) is 23.6 Å². The lowest BCUT2D eigenvalue weighted by atomic mass is 10.1. The highest BCUT2D eigenvalue weighted by Gasteiger charge is 2.46. The summed E-state index contributed by atoms with van der Waals surface area (Å²) in [5.41, 5.74) is 1.50. The van der Waals surface area contributed by atoms with Gasteiger partial charge in [-0.3, -0.25) is 28.8 Å². The van der Waals surface area contributed by atoms with Crippen LogP contribution in [0.2, 0.25) is 0 Å². The van der Waals surface area contributed by atoms with E-state index in [4.69, 9.17) is 0 Å². The number of halogens is 6. The minimum atomic E-state index is -5.11. The van der Waals surface area contributed by atoms with Gasteiger partial charge in [-0.2, -0.15) is 26.3 Å². The number of alkyl halides is 6. The number of hydrogen-bond acceptors (Lipinski definition) is 9. The van der Waals surface area contributed by atoms with E-state index in [1.807, 2.05) is 0 Å². The van der Waals surface area contributed by atoms with Gasteiger partial charge >= 0.3 is 30.2 Å². The summed E-state index contributed by atoms with van der Waals surface area (Å²) in [7, 11) is 3.15. The molecule has 0 saturated carbocycles. The number of carbonyl (C=O) groups excluding carboxylic acids is 7. The first-order chi connectivity index (χ1) is 35.1. The van der Waals surface area contributed by atoms with E-state index in [1.54, 1.807) is 88.6 Å². The SMILES string of the molecule is CN[C@@H](C)C(=O)N[C@@H](CCCCNC(=O)NCCCC[C@H](NC(=O)[C@@H](C)NC)C(=O)N1CCC[C@H]1CN(CCc1ccccc1)C(=O)C(F)(F)F)C(=O)N1CCC[C@H]1CN(CCc1ccccc1)C(=O)C(F)(F)F. The van der Waals surface area contributed by atoms with Crippen molar-refractivity contribution >= 4 is 41.5 Å². The average Bonchev–Trinajstić information content (AvgIpc) is 4.06. The first-order valence-electron chi connectivity index (χ1n) is 25.5. The van der Waals surface area contributed by atoms with E-state index < -0.39 is 90.1 Å². The Balaban J connectivity index is 1.28. The molecule has 0 aliphatic carbocycles. The molecule has 23 heteroatoms. The number of unbranched alkanes of at least 4 members (excludes halogenated alkanes) is 2. The van der Waals surface area contributed by atoms with Crippen molar-refractivity contribution in [1.29, 1.82) is 0 Å². The standard InChI is InChI=1S/C51H74F6N10O7/c1-35(58-3)43(68)62-41(45(70)66-29-15-21-39(66)33-64(47(72)50(52,53)54)31-25-37-17-7-5-8-18-37)23-11-13-27-60-49(74)61-28-14-12-24-42(63-44(69)36(2)59-4)46(71)67-30-16-22-40(67)34-65(48(73)51(55,56)57)32-26-38-19-9-6-10-20-38/h5-10,17-20,35-36,39-42,58-59H,11-16,21-34H2,1-4H3,(H,62,68)(H,63,69)(H2,60,61,74)/t35-,36+,39-,40-,41-,42-/m0/s1. The predicted molar refractivity (Wildman–Crippen MR) is 265 cm³/mol. The lowest BCUT2D eigenvalue weighted by molar-refractivity contribution is -0.186. The molecule has 74 heavy (non-hydrogen) atoms. The number of benzene rings is 2. The first kappa shape index (κ1) is 60.6. The monoisotopic (exact) mass is 1050 g/mol. The van der Waals surface area contributed by atoms with Crippen molar-refractivity contribution in [1.82, 2.24) is 51.5 Å². The van der Waals surface area contributed by atoms with Crippen molar-refractivity contribution in [3.8, 4) is 0 Å². The number of nitrogens with zero attached hydrogens (tertiary/aromatic N) is 4. The zero-order chi connectivity index (χ0) is 54.4. The van der Waals surface area contributed by atoms with Crippen LogP contribution in [0.4, 0.5) is 31.1 Å². The Labute approximate surface area is 429 Å². The van der Waals surface area contributed by atoms with Crippen molar-refractivity contribution in [3.05, 3.63) is 71.8 Å². The van der Waals surface area contributed by atoms with E-state index in [1.165, 1.54) is 9.80 Å². The number of carbonyl (C=O) groups is 7. The first-order valence-corrected chi connectivity index (χ1v) is 25.5. The Bertz CT molecular complexity index is 1980. The lowest BCUT2D eigenvalue weighted by Crippen LogP contribution is -2.55. The summed E-state index contributed by atoms with van der Waals surface area (Å²) >= 11 is 0. The molecule has 2 aromatic carbocycles. The van der Waals surface area contributed by atoms with Crippen LogP contribution < -0.4 is 31.9 Å². The van der Waals surface area contributed by atoms with Crippen LogP contribution >= 0.6 is 0 Å². The van der Waals surface area contributed by atoms with Gasteiger partial charge in [0.25, 0.3) is 0 Å². The van der Waals surface area contributed by atoms with Crippen LogP contribution in [0.5, 0.6) is 0 Å². The second-order valence-corrected chi connectivity index (χ2v) is 18.9.